The number of sulfone groups is 1. The first-order chi connectivity index (χ1) is 9.88. The van der Waals surface area contributed by atoms with Crippen LogP contribution in [0.3, 0.4) is 0 Å². The summed E-state index contributed by atoms with van der Waals surface area (Å²) >= 11 is 0. The summed E-state index contributed by atoms with van der Waals surface area (Å²) in [6.45, 7) is 1.85. The van der Waals surface area contributed by atoms with Gasteiger partial charge < -0.3 is 11.1 Å². The molecule has 0 saturated heterocycles. The van der Waals surface area contributed by atoms with Crippen molar-refractivity contribution >= 4 is 27.1 Å². The summed E-state index contributed by atoms with van der Waals surface area (Å²) in [6.07, 6.45) is 3.42. The highest BCUT2D eigenvalue weighted by molar-refractivity contribution is 7.92. The minimum atomic E-state index is -3.15. The molecule has 1 aliphatic rings. The maximum Gasteiger partial charge on any atom is 0.225 e. The van der Waals surface area contributed by atoms with Gasteiger partial charge in [-0.2, -0.15) is 0 Å². The molecule has 3 N–H and O–H groups in total. The Kier molecular flexibility index (Phi) is 4.88. The minimum absolute atomic E-state index is 0.00263. The Morgan fingerprint density at radius 2 is 2.00 bits per heavy atom. The van der Waals surface area contributed by atoms with Gasteiger partial charge in [0.05, 0.1) is 11.0 Å². The van der Waals surface area contributed by atoms with Gasteiger partial charge in [-0.1, -0.05) is 12.8 Å². The number of nitrogen functional groups attached to an aromatic ring is 1. The standard InChI is InChI=1S/C15H22N2O3S/c1-11-10-12(16)6-7-14(11)17-15(18)8-9-21(19,20)13-4-2-3-5-13/h6-7,10,13H,2-5,8-9,16H2,1H3,(H,17,18). The van der Waals surface area contributed by atoms with Crippen LogP contribution in [0.1, 0.15) is 37.7 Å². The van der Waals surface area contributed by atoms with E-state index >= 15 is 0 Å². The molecule has 2 rings (SSSR count). The molecule has 0 unspecified atom stereocenters. The van der Waals surface area contributed by atoms with E-state index in [0.29, 0.717) is 11.4 Å². The molecule has 1 aliphatic carbocycles. The molecule has 1 fully saturated rings. The van der Waals surface area contributed by atoms with Crippen molar-refractivity contribution in [2.45, 2.75) is 44.3 Å². The smallest absolute Gasteiger partial charge is 0.225 e. The van der Waals surface area contributed by atoms with E-state index in [1.807, 2.05) is 6.92 Å². The Labute approximate surface area is 125 Å². The molecular formula is C15H22N2O3S. The first kappa shape index (κ1) is 15.8. The molecule has 0 atom stereocenters. The number of aryl methyl sites for hydroxylation is 1. The van der Waals surface area contributed by atoms with E-state index in [1.54, 1.807) is 18.2 Å². The van der Waals surface area contributed by atoms with Crippen molar-refractivity contribution in [3.05, 3.63) is 23.8 Å². The van der Waals surface area contributed by atoms with Crippen LogP contribution in [0.5, 0.6) is 0 Å². The van der Waals surface area contributed by atoms with Crippen molar-refractivity contribution in [3.8, 4) is 0 Å². The number of hydrogen-bond donors (Lipinski definition) is 2. The number of nitrogens with two attached hydrogens (primary N) is 1. The molecule has 0 aliphatic heterocycles. The van der Waals surface area contributed by atoms with Crippen molar-refractivity contribution in [2.24, 2.45) is 0 Å². The molecule has 1 saturated carbocycles. The summed E-state index contributed by atoms with van der Waals surface area (Å²) in [5.74, 6) is -0.346. The van der Waals surface area contributed by atoms with Crippen molar-refractivity contribution in [3.63, 3.8) is 0 Å². The van der Waals surface area contributed by atoms with Gasteiger partial charge in [0.25, 0.3) is 0 Å². The molecule has 0 spiro atoms. The van der Waals surface area contributed by atoms with Crippen LogP contribution in [-0.4, -0.2) is 25.3 Å². The van der Waals surface area contributed by atoms with Crippen molar-refractivity contribution in [1.82, 2.24) is 0 Å². The molecule has 0 aromatic heterocycles. The summed E-state index contributed by atoms with van der Waals surface area (Å²) in [5, 5.41) is 2.49. The van der Waals surface area contributed by atoms with Gasteiger partial charge in [0.15, 0.2) is 9.84 Å². The highest BCUT2D eigenvalue weighted by Gasteiger charge is 2.28. The van der Waals surface area contributed by atoms with Gasteiger partial charge >= 0.3 is 0 Å². The zero-order valence-electron chi connectivity index (χ0n) is 12.3. The molecule has 1 amide bonds. The Morgan fingerprint density at radius 1 is 1.33 bits per heavy atom. The molecule has 116 valence electrons. The lowest BCUT2D eigenvalue weighted by Crippen LogP contribution is -2.24. The SMILES string of the molecule is Cc1cc(N)ccc1NC(=O)CCS(=O)(=O)C1CCCC1. The van der Waals surface area contributed by atoms with Crippen molar-refractivity contribution < 1.29 is 13.2 Å². The zero-order chi connectivity index (χ0) is 15.5. The second-order valence-corrected chi connectivity index (χ2v) is 8.05. The predicted octanol–water partition coefficient (Wildman–Crippen LogP) is 2.26. The number of carbonyl (C=O) groups excluding carboxylic acids is 1. The summed E-state index contributed by atoms with van der Waals surface area (Å²) in [7, 11) is -3.15. The van der Waals surface area contributed by atoms with Gasteiger partial charge in [-0.05, 0) is 43.5 Å². The van der Waals surface area contributed by atoms with E-state index in [9.17, 15) is 13.2 Å². The molecule has 6 heteroatoms. The quantitative estimate of drug-likeness (QED) is 0.816. The van der Waals surface area contributed by atoms with Gasteiger partial charge in [-0.15, -0.1) is 0 Å². The van der Waals surface area contributed by atoms with Crippen LogP contribution in [0, 0.1) is 6.92 Å². The number of benzene rings is 1. The Hall–Kier alpha value is -1.56. The fourth-order valence-corrected chi connectivity index (χ4v) is 4.54. The predicted molar refractivity (Wildman–Crippen MR) is 84.9 cm³/mol. The fourth-order valence-electron chi connectivity index (χ4n) is 2.69. The molecule has 21 heavy (non-hydrogen) atoms. The molecule has 5 nitrogen and oxygen atoms in total. The number of anilines is 2. The Balaban J connectivity index is 1.90. The number of rotatable bonds is 5. The lowest BCUT2D eigenvalue weighted by atomic mass is 10.2. The van der Waals surface area contributed by atoms with Gasteiger partial charge in [0.2, 0.25) is 5.91 Å². The van der Waals surface area contributed by atoms with E-state index in [4.69, 9.17) is 5.73 Å². The lowest BCUT2D eigenvalue weighted by Gasteiger charge is -2.12. The van der Waals surface area contributed by atoms with E-state index in [-0.39, 0.29) is 23.3 Å². The normalized spacial score (nSPS) is 16.0. The van der Waals surface area contributed by atoms with E-state index in [0.717, 1.165) is 31.2 Å². The van der Waals surface area contributed by atoms with Gasteiger partial charge in [0, 0.05) is 17.8 Å². The topological polar surface area (TPSA) is 89.3 Å². The van der Waals surface area contributed by atoms with Crippen LogP contribution in [0.15, 0.2) is 18.2 Å². The van der Waals surface area contributed by atoms with E-state index < -0.39 is 9.84 Å². The van der Waals surface area contributed by atoms with Crippen LogP contribution in [0.4, 0.5) is 11.4 Å². The first-order valence-corrected chi connectivity index (χ1v) is 8.97. The molecule has 1 aromatic rings. The third-order valence-corrected chi connectivity index (χ3v) is 6.21. The van der Waals surface area contributed by atoms with E-state index in [1.165, 1.54) is 0 Å². The highest BCUT2D eigenvalue weighted by atomic mass is 32.2. The van der Waals surface area contributed by atoms with Crippen LogP contribution in [0.25, 0.3) is 0 Å². The highest BCUT2D eigenvalue weighted by Crippen LogP contribution is 2.25. The molecular weight excluding hydrogens is 288 g/mol. The lowest BCUT2D eigenvalue weighted by molar-refractivity contribution is -0.115. The number of hydrogen-bond acceptors (Lipinski definition) is 4. The second-order valence-electron chi connectivity index (χ2n) is 5.65. The second kappa shape index (κ2) is 6.47. The van der Waals surface area contributed by atoms with Crippen molar-refractivity contribution in [1.29, 1.82) is 0 Å². The first-order valence-electron chi connectivity index (χ1n) is 7.26. The van der Waals surface area contributed by atoms with Gasteiger partial charge in [0.1, 0.15) is 0 Å². The summed E-state index contributed by atoms with van der Waals surface area (Å²) in [6, 6.07) is 5.21. The minimum Gasteiger partial charge on any atom is -0.399 e. The Bertz CT molecular complexity index is 620. The van der Waals surface area contributed by atoms with Crippen LogP contribution in [0.2, 0.25) is 0 Å². The maximum absolute atomic E-state index is 12.1. The summed E-state index contributed by atoms with van der Waals surface area (Å²) < 4.78 is 24.2. The monoisotopic (exact) mass is 310 g/mol. The average molecular weight is 310 g/mol. The zero-order valence-corrected chi connectivity index (χ0v) is 13.1. The van der Waals surface area contributed by atoms with Crippen LogP contribution in [-0.2, 0) is 14.6 Å². The summed E-state index contributed by atoms with van der Waals surface area (Å²) in [5.41, 5.74) is 7.82. The largest absolute Gasteiger partial charge is 0.399 e. The number of amides is 1. The molecule has 0 heterocycles. The van der Waals surface area contributed by atoms with Gasteiger partial charge in [-0.3, -0.25) is 4.79 Å². The average Bonchev–Trinajstić information content (AvgIpc) is 2.95. The number of carbonyl (C=O) groups is 1. The van der Waals surface area contributed by atoms with Gasteiger partial charge in [-0.25, -0.2) is 8.42 Å². The molecule has 0 radical (unpaired) electrons. The van der Waals surface area contributed by atoms with E-state index in [2.05, 4.69) is 5.32 Å². The van der Waals surface area contributed by atoms with Crippen LogP contribution < -0.4 is 11.1 Å². The third kappa shape index (κ3) is 4.20. The van der Waals surface area contributed by atoms with Crippen molar-refractivity contribution in [2.75, 3.05) is 16.8 Å². The molecule has 1 aromatic carbocycles. The van der Waals surface area contributed by atoms with Crippen LogP contribution >= 0.6 is 0 Å². The number of nitrogens with one attached hydrogen (secondary N) is 1. The Morgan fingerprint density at radius 3 is 2.62 bits per heavy atom. The third-order valence-electron chi connectivity index (χ3n) is 3.95. The fraction of sp³-hybridized carbons (Fsp3) is 0.533. The molecule has 0 bridgehead atoms. The summed E-state index contributed by atoms with van der Waals surface area (Å²) in [4.78, 5) is 11.9. The maximum atomic E-state index is 12.1.